The van der Waals surface area contributed by atoms with Crippen LogP contribution >= 0.6 is 12.6 Å². The Hall–Kier alpha value is -0.630. The third-order valence-corrected chi connectivity index (χ3v) is 2.79. The van der Waals surface area contributed by atoms with Crippen LogP contribution in [0.1, 0.15) is 38.2 Å². The second-order valence-corrected chi connectivity index (χ2v) is 4.48. The lowest BCUT2D eigenvalue weighted by atomic mass is 10.1. The first kappa shape index (κ1) is 13.4. The van der Waals surface area contributed by atoms with Crippen LogP contribution in [0.5, 0.6) is 5.75 Å². The highest BCUT2D eigenvalue weighted by atomic mass is 32.1. The van der Waals surface area contributed by atoms with Crippen molar-refractivity contribution in [3.8, 4) is 5.75 Å². The Kier molecular flexibility index (Phi) is 7.15. The third-order valence-electron chi connectivity index (χ3n) is 2.57. The van der Waals surface area contributed by atoms with E-state index in [4.69, 9.17) is 4.74 Å². The van der Waals surface area contributed by atoms with Gasteiger partial charge in [0, 0.05) is 0 Å². The van der Waals surface area contributed by atoms with E-state index in [0.717, 1.165) is 31.0 Å². The van der Waals surface area contributed by atoms with Gasteiger partial charge in [0.2, 0.25) is 0 Å². The van der Waals surface area contributed by atoms with Crippen LogP contribution in [0, 0.1) is 0 Å². The van der Waals surface area contributed by atoms with Crippen molar-refractivity contribution in [1.29, 1.82) is 0 Å². The van der Waals surface area contributed by atoms with Gasteiger partial charge in [-0.3, -0.25) is 0 Å². The van der Waals surface area contributed by atoms with E-state index in [-0.39, 0.29) is 0 Å². The number of unbranched alkanes of at least 4 members (excludes halogenated alkanes) is 3. The van der Waals surface area contributed by atoms with Gasteiger partial charge in [0.1, 0.15) is 5.75 Å². The van der Waals surface area contributed by atoms with Crippen LogP contribution in [0.15, 0.2) is 24.3 Å². The predicted molar refractivity (Wildman–Crippen MR) is 73.6 cm³/mol. The Labute approximate surface area is 105 Å². The molecule has 0 aliphatic carbocycles. The Balaban J connectivity index is 2.27. The summed E-state index contributed by atoms with van der Waals surface area (Å²) in [4.78, 5) is 0. The maximum atomic E-state index is 5.71. The zero-order chi connectivity index (χ0) is 11.6. The monoisotopic (exact) mass is 238 g/mol. The van der Waals surface area contributed by atoms with E-state index in [9.17, 15) is 0 Å². The van der Waals surface area contributed by atoms with Crippen LogP contribution in [0.3, 0.4) is 0 Å². The molecule has 1 nitrogen and oxygen atoms in total. The molecule has 1 aromatic rings. The first-order valence-corrected chi connectivity index (χ1v) is 6.82. The smallest absolute Gasteiger partial charge is 0.119 e. The summed E-state index contributed by atoms with van der Waals surface area (Å²) < 4.78 is 5.71. The van der Waals surface area contributed by atoms with Gasteiger partial charge in [-0.05, 0) is 36.3 Å². The molecule has 0 fully saturated rings. The van der Waals surface area contributed by atoms with Crippen molar-refractivity contribution < 1.29 is 4.74 Å². The van der Waals surface area contributed by atoms with Crippen LogP contribution in [0.4, 0.5) is 0 Å². The van der Waals surface area contributed by atoms with Gasteiger partial charge in [0.15, 0.2) is 0 Å². The highest BCUT2D eigenvalue weighted by Crippen LogP contribution is 2.14. The minimum atomic E-state index is 0.838. The maximum Gasteiger partial charge on any atom is 0.119 e. The van der Waals surface area contributed by atoms with Gasteiger partial charge in [-0.1, -0.05) is 38.3 Å². The van der Waals surface area contributed by atoms with Crippen molar-refractivity contribution in [2.45, 2.75) is 39.0 Å². The molecule has 0 radical (unpaired) electrons. The molecule has 0 spiro atoms. The lowest BCUT2D eigenvalue weighted by Gasteiger charge is -2.07. The number of benzene rings is 1. The highest BCUT2D eigenvalue weighted by Gasteiger charge is 1.96. The lowest BCUT2D eigenvalue weighted by Crippen LogP contribution is -1.98. The molecule has 16 heavy (non-hydrogen) atoms. The fourth-order valence-electron chi connectivity index (χ4n) is 1.64. The van der Waals surface area contributed by atoms with Crippen LogP contribution in [-0.2, 0) is 6.42 Å². The second kappa shape index (κ2) is 8.51. The second-order valence-electron chi connectivity index (χ2n) is 4.03. The topological polar surface area (TPSA) is 9.23 Å². The number of aryl methyl sites for hydroxylation is 1. The van der Waals surface area contributed by atoms with Crippen molar-refractivity contribution in [3.05, 3.63) is 29.8 Å². The molecule has 0 atom stereocenters. The Morgan fingerprint density at radius 1 is 1.19 bits per heavy atom. The molecule has 0 amide bonds. The summed E-state index contributed by atoms with van der Waals surface area (Å²) in [6.45, 7) is 3.06. The molecule has 2 heteroatoms. The van der Waals surface area contributed by atoms with Crippen molar-refractivity contribution in [2.75, 3.05) is 12.4 Å². The number of rotatable bonds is 8. The summed E-state index contributed by atoms with van der Waals surface area (Å²) in [5.41, 5.74) is 1.31. The Morgan fingerprint density at radius 3 is 2.81 bits per heavy atom. The summed E-state index contributed by atoms with van der Waals surface area (Å²) in [5.74, 6) is 1.88. The summed E-state index contributed by atoms with van der Waals surface area (Å²) in [6.07, 6.45) is 6.02. The molecular weight excluding hydrogens is 216 g/mol. The number of hydrogen-bond acceptors (Lipinski definition) is 2. The first-order valence-electron chi connectivity index (χ1n) is 6.19. The van der Waals surface area contributed by atoms with Gasteiger partial charge in [-0.25, -0.2) is 0 Å². The molecule has 0 aliphatic heterocycles. The fourth-order valence-corrected chi connectivity index (χ4v) is 1.90. The Bertz CT molecular complexity index is 286. The molecule has 0 saturated heterocycles. The minimum Gasteiger partial charge on any atom is -0.494 e. The standard InChI is InChI=1S/C14H22OS/c1-2-3-4-5-10-15-14-8-6-7-13(12-14)9-11-16/h6-8,12,16H,2-5,9-11H2,1H3. The number of hydrogen-bond donors (Lipinski definition) is 1. The molecule has 1 aromatic carbocycles. The average Bonchev–Trinajstić information content (AvgIpc) is 2.30. The van der Waals surface area contributed by atoms with E-state index in [1.54, 1.807) is 0 Å². The molecule has 0 unspecified atom stereocenters. The van der Waals surface area contributed by atoms with Gasteiger partial charge in [-0.2, -0.15) is 12.6 Å². The molecule has 0 N–H and O–H groups in total. The molecule has 0 aromatic heterocycles. The predicted octanol–water partition coefficient (Wildman–Crippen LogP) is 4.12. The van der Waals surface area contributed by atoms with E-state index in [1.807, 2.05) is 6.07 Å². The summed E-state index contributed by atoms with van der Waals surface area (Å²) in [6, 6.07) is 8.33. The Morgan fingerprint density at radius 2 is 2.06 bits per heavy atom. The third kappa shape index (κ3) is 5.45. The largest absolute Gasteiger partial charge is 0.494 e. The zero-order valence-corrected chi connectivity index (χ0v) is 11.0. The molecule has 0 saturated carbocycles. The first-order chi connectivity index (χ1) is 7.86. The molecule has 0 aliphatic rings. The number of ether oxygens (including phenoxy) is 1. The van der Waals surface area contributed by atoms with E-state index in [1.165, 1.54) is 24.8 Å². The van der Waals surface area contributed by atoms with Gasteiger partial charge in [0.05, 0.1) is 6.61 Å². The van der Waals surface area contributed by atoms with E-state index in [0.29, 0.717) is 0 Å². The fraction of sp³-hybridized carbons (Fsp3) is 0.571. The van der Waals surface area contributed by atoms with Gasteiger partial charge < -0.3 is 4.74 Å². The summed E-state index contributed by atoms with van der Waals surface area (Å²) in [5, 5.41) is 0. The van der Waals surface area contributed by atoms with E-state index in [2.05, 4.69) is 37.8 Å². The molecule has 0 heterocycles. The highest BCUT2D eigenvalue weighted by molar-refractivity contribution is 7.80. The van der Waals surface area contributed by atoms with E-state index < -0.39 is 0 Å². The van der Waals surface area contributed by atoms with Crippen molar-refractivity contribution in [3.63, 3.8) is 0 Å². The van der Waals surface area contributed by atoms with Crippen LogP contribution < -0.4 is 4.74 Å². The van der Waals surface area contributed by atoms with E-state index >= 15 is 0 Å². The molecule has 1 rings (SSSR count). The summed E-state index contributed by atoms with van der Waals surface area (Å²) in [7, 11) is 0. The van der Waals surface area contributed by atoms with Crippen LogP contribution in [0.2, 0.25) is 0 Å². The van der Waals surface area contributed by atoms with Gasteiger partial charge in [0.25, 0.3) is 0 Å². The summed E-state index contributed by atoms with van der Waals surface area (Å²) >= 11 is 4.23. The number of thiol groups is 1. The average molecular weight is 238 g/mol. The quantitative estimate of drug-likeness (QED) is 0.529. The minimum absolute atomic E-state index is 0.838. The van der Waals surface area contributed by atoms with Gasteiger partial charge in [-0.15, -0.1) is 0 Å². The normalized spacial score (nSPS) is 10.4. The van der Waals surface area contributed by atoms with Crippen molar-refractivity contribution in [1.82, 2.24) is 0 Å². The van der Waals surface area contributed by atoms with Crippen LogP contribution in [-0.4, -0.2) is 12.4 Å². The van der Waals surface area contributed by atoms with Crippen molar-refractivity contribution in [2.24, 2.45) is 0 Å². The van der Waals surface area contributed by atoms with Crippen molar-refractivity contribution >= 4 is 12.6 Å². The molecule has 90 valence electrons. The lowest BCUT2D eigenvalue weighted by molar-refractivity contribution is 0.305. The van der Waals surface area contributed by atoms with Gasteiger partial charge >= 0.3 is 0 Å². The maximum absolute atomic E-state index is 5.71. The molecular formula is C14H22OS. The molecule has 0 bridgehead atoms. The van der Waals surface area contributed by atoms with Crippen LogP contribution in [0.25, 0.3) is 0 Å². The zero-order valence-electron chi connectivity index (χ0n) is 10.1. The SMILES string of the molecule is CCCCCCOc1cccc(CCS)c1.